The van der Waals surface area contributed by atoms with Gasteiger partial charge in [-0.1, -0.05) is 44.2 Å². The molecule has 0 aliphatic carbocycles. The Morgan fingerprint density at radius 2 is 1.68 bits per heavy atom. The van der Waals surface area contributed by atoms with E-state index in [2.05, 4.69) is 18.2 Å². The largest absolute Gasteiger partial charge is 0.447 e. The summed E-state index contributed by atoms with van der Waals surface area (Å²) in [6.07, 6.45) is -0.789. The lowest BCUT2D eigenvalue weighted by molar-refractivity contribution is -0.327. The second kappa shape index (κ2) is 5.31. The van der Waals surface area contributed by atoms with Gasteiger partial charge in [-0.2, -0.15) is 15.8 Å². The number of nitrogens with zero attached hydrogens (tertiary/aromatic N) is 3. The molecule has 3 heterocycles. The smallest absolute Gasteiger partial charge is 0.219 e. The molecule has 6 heteroatoms. The van der Waals surface area contributed by atoms with Crippen LogP contribution in [0.5, 0.6) is 0 Å². The molecule has 3 fully saturated rings. The first kappa shape index (κ1) is 17.0. The standard InChI is InChI=1S/C19H18N4O2/c1-12(2)15-19(11-22)16(23)25-17(3,24-15)14(18(19,9-20)10-21)13-7-5-4-6-8-13/h4-8,12,14-15,23H,1-3H3/t14-,15-,17-,19-/m0/s1. The van der Waals surface area contributed by atoms with Gasteiger partial charge in [-0.3, -0.25) is 5.41 Å². The van der Waals surface area contributed by atoms with Crippen LogP contribution < -0.4 is 0 Å². The first-order valence-electron chi connectivity index (χ1n) is 8.07. The molecule has 3 aliphatic rings. The van der Waals surface area contributed by atoms with E-state index < -0.39 is 28.6 Å². The van der Waals surface area contributed by atoms with Crippen LogP contribution in [0.4, 0.5) is 0 Å². The third-order valence-corrected chi connectivity index (χ3v) is 5.30. The van der Waals surface area contributed by atoms with Crippen molar-refractivity contribution >= 4 is 5.90 Å². The topological polar surface area (TPSA) is 114 Å². The highest BCUT2D eigenvalue weighted by atomic mass is 16.7. The van der Waals surface area contributed by atoms with Crippen LogP contribution in [0.25, 0.3) is 0 Å². The number of hydrogen-bond acceptors (Lipinski definition) is 6. The van der Waals surface area contributed by atoms with Crippen LogP contribution in [0, 0.1) is 56.2 Å². The van der Waals surface area contributed by atoms with Crippen LogP contribution in [0.1, 0.15) is 32.3 Å². The maximum atomic E-state index is 10.1. The van der Waals surface area contributed by atoms with Crippen molar-refractivity contribution in [3.05, 3.63) is 35.9 Å². The van der Waals surface area contributed by atoms with E-state index in [1.807, 2.05) is 19.9 Å². The van der Waals surface area contributed by atoms with Crippen molar-refractivity contribution in [3.8, 4) is 18.2 Å². The molecular weight excluding hydrogens is 316 g/mol. The first-order valence-corrected chi connectivity index (χ1v) is 8.07. The average Bonchev–Trinajstić information content (AvgIpc) is 2.60. The minimum absolute atomic E-state index is 0.180. The number of ether oxygens (including phenoxy) is 2. The van der Waals surface area contributed by atoms with Gasteiger partial charge in [0.25, 0.3) is 0 Å². The summed E-state index contributed by atoms with van der Waals surface area (Å²) in [5.74, 6) is -2.74. The van der Waals surface area contributed by atoms with Gasteiger partial charge in [0.2, 0.25) is 11.7 Å². The number of fused-ring (bicyclic) bond motifs is 3. The third-order valence-electron chi connectivity index (χ3n) is 5.30. The molecule has 0 amide bonds. The lowest BCUT2D eigenvalue weighted by Gasteiger charge is -2.62. The van der Waals surface area contributed by atoms with Gasteiger partial charge < -0.3 is 9.47 Å². The first-order chi connectivity index (χ1) is 11.8. The fourth-order valence-corrected chi connectivity index (χ4v) is 4.30. The van der Waals surface area contributed by atoms with Crippen LogP contribution in [-0.2, 0) is 9.47 Å². The summed E-state index contributed by atoms with van der Waals surface area (Å²) >= 11 is 0. The minimum Gasteiger partial charge on any atom is -0.447 e. The van der Waals surface area contributed by atoms with E-state index in [1.54, 1.807) is 31.2 Å². The molecule has 0 radical (unpaired) electrons. The molecule has 126 valence electrons. The zero-order chi connectivity index (χ0) is 18.5. The predicted octanol–water partition coefficient (Wildman–Crippen LogP) is 3.09. The molecule has 3 aliphatic heterocycles. The number of benzene rings is 1. The van der Waals surface area contributed by atoms with Crippen LogP contribution in [0.3, 0.4) is 0 Å². The highest BCUT2D eigenvalue weighted by molar-refractivity contribution is 5.89. The Morgan fingerprint density at radius 1 is 1.08 bits per heavy atom. The third kappa shape index (κ3) is 1.82. The molecule has 2 bridgehead atoms. The number of nitriles is 3. The molecule has 3 saturated heterocycles. The summed E-state index contributed by atoms with van der Waals surface area (Å²) < 4.78 is 11.8. The van der Waals surface area contributed by atoms with E-state index in [-0.39, 0.29) is 11.8 Å². The summed E-state index contributed by atoms with van der Waals surface area (Å²) in [6.45, 7) is 5.33. The number of hydrogen-bond donors (Lipinski definition) is 1. The van der Waals surface area contributed by atoms with E-state index in [4.69, 9.17) is 14.9 Å². The molecule has 25 heavy (non-hydrogen) atoms. The number of rotatable bonds is 2. The maximum absolute atomic E-state index is 10.1. The average molecular weight is 334 g/mol. The monoisotopic (exact) mass is 334 g/mol. The van der Waals surface area contributed by atoms with Crippen molar-refractivity contribution < 1.29 is 9.47 Å². The van der Waals surface area contributed by atoms with E-state index in [0.717, 1.165) is 0 Å². The van der Waals surface area contributed by atoms with Gasteiger partial charge in [0.05, 0.1) is 30.2 Å². The van der Waals surface area contributed by atoms with Crippen molar-refractivity contribution in [2.24, 2.45) is 16.7 Å². The fourth-order valence-electron chi connectivity index (χ4n) is 4.30. The summed E-state index contributed by atoms with van der Waals surface area (Å²) in [5, 5.41) is 38.6. The molecular formula is C19H18N4O2. The Morgan fingerprint density at radius 3 is 2.16 bits per heavy atom. The summed E-state index contributed by atoms with van der Waals surface area (Å²) in [5.41, 5.74) is -2.91. The summed E-state index contributed by atoms with van der Waals surface area (Å²) in [6, 6.07) is 15.3. The van der Waals surface area contributed by atoms with Gasteiger partial charge in [0, 0.05) is 6.92 Å². The molecule has 1 N–H and O–H groups in total. The molecule has 4 rings (SSSR count). The van der Waals surface area contributed by atoms with E-state index in [9.17, 15) is 15.8 Å². The van der Waals surface area contributed by atoms with Crippen molar-refractivity contribution in [3.63, 3.8) is 0 Å². The summed E-state index contributed by atoms with van der Waals surface area (Å²) in [4.78, 5) is 0. The lowest BCUT2D eigenvalue weighted by atomic mass is 9.49. The fraction of sp³-hybridized carbons (Fsp3) is 0.474. The highest BCUT2D eigenvalue weighted by Gasteiger charge is 2.79. The normalized spacial score (nSPS) is 35.3. The van der Waals surface area contributed by atoms with Crippen LogP contribution in [0.15, 0.2) is 30.3 Å². The maximum Gasteiger partial charge on any atom is 0.219 e. The van der Waals surface area contributed by atoms with Crippen LogP contribution in [0.2, 0.25) is 0 Å². The van der Waals surface area contributed by atoms with Crippen LogP contribution in [-0.4, -0.2) is 17.8 Å². The number of nitrogens with one attached hydrogen (secondary N) is 1. The van der Waals surface area contributed by atoms with Crippen molar-refractivity contribution in [2.45, 2.75) is 38.6 Å². The Balaban J connectivity index is 2.38. The molecule has 4 atom stereocenters. The predicted molar refractivity (Wildman–Crippen MR) is 87.8 cm³/mol. The second-order valence-corrected chi connectivity index (χ2v) is 7.02. The van der Waals surface area contributed by atoms with Crippen molar-refractivity contribution in [2.75, 3.05) is 0 Å². The van der Waals surface area contributed by atoms with Gasteiger partial charge in [-0.05, 0) is 11.5 Å². The zero-order valence-corrected chi connectivity index (χ0v) is 14.3. The Hall–Kier alpha value is -2.88. The zero-order valence-electron chi connectivity index (χ0n) is 14.3. The quantitative estimate of drug-likeness (QED) is 0.892. The second-order valence-electron chi connectivity index (χ2n) is 7.02. The minimum atomic E-state index is -1.79. The molecule has 1 aromatic rings. The lowest BCUT2D eigenvalue weighted by Crippen LogP contribution is -2.74. The van der Waals surface area contributed by atoms with Gasteiger partial charge >= 0.3 is 0 Å². The molecule has 1 aromatic carbocycles. The van der Waals surface area contributed by atoms with E-state index in [0.29, 0.717) is 5.56 Å². The van der Waals surface area contributed by atoms with Gasteiger partial charge in [0.1, 0.15) is 0 Å². The molecule has 0 spiro atoms. The molecule has 6 nitrogen and oxygen atoms in total. The van der Waals surface area contributed by atoms with Gasteiger partial charge in [0.15, 0.2) is 10.8 Å². The van der Waals surface area contributed by atoms with Crippen LogP contribution >= 0.6 is 0 Å². The van der Waals surface area contributed by atoms with E-state index >= 15 is 0 Å². The Labute approximate surface area is 146 Å². The van der Waals surface area contributed by atoms with Gasteiger partial charge in [-0.15, -0.1) is 0 Å². The van der Waals surface area contributed by atoms with Gasteiger partial charge in [-0.25, -0.2) is 0 Å². The van der Waals surface area contributed by atoms with Crippen molar-refractivity contribution in [1.82, 2.24) is 0 Å². The highest BCUT2D eigenvalue weighted by Crippen LogP contribution is 2.66. The summed E-state index contributed by atoms with van der Waals surface area (Å²) in [7, 11) is 0. The SMILES string of the molecule is CC(C)[C@@H]1O[C@@]2(C)OC(=N)[C@@]1(C#N)C(C#N)(C#N)[C@H]2c1ccccc1. The van der Waals surface area contributed by atoms with E-state index in [1.165, 1.54) is 0 Å². The molecule has 0 unspecified atom stereocenters. The Bertz CT molecular complexity index is 831. The molecule has 0 aromatic heterocycles. The van der Waals surface area contributed by atoms with Crippen molar-refractivity contribution in [1.29, 1.82) is 21.2 Å². The molecule has 0 saturated carbocycles. The Kier molecular flexibility index (Phi) is 3.60.